The molecule has 3 aromatic heterocycles. The number of furan rings is 1. The number of nitrogens with one attached hydrogen (secondary N) is 1. The van der Waals surface area contributed by atoms with Crippen molar-refractivity contribution in [3.63, 3.8) is 0 Å². The first-order valence-electron chi connectivity index (χ1n) is 7.98. The molecular formula is C17H18N4O2S. The summed E-state index contributed by atoms with van der Waals surface area (Å²) in [5.41, 5.74) is 0. The summed E-state index contributed by atoms with van der Waals surface area (Å²) in [5, 5.41) is 8.20. The molecule has 1 amide bonds. The molecule has 1 N–H and O–H groups in total. The number of carbonyl (C=O) groups is 1. The third-order valence-electron chi connectivity index (χ3n) is 4.05. The maximum absolute atomic E-state index is 12.5. The molecule has 1 atom stereocenters. The van der Waals surface area contributed by atoms with Gasteiger partial charge in [-0.15, -0.1) is 11.3 Å². The van der Waals surface area contributed by atoms with Gasteiger partial charge in [0.1, 0.15) is 10.8 Å². The van der Waals surface area contributed by atoms with Crippen molar-refractivity contribution in [2.24, 2.45) is 5.92 Å². The third kappa shape index (κ3) is 3.26. The molecule has 7 heteroatoms. The van der Waals surface area contributed by atoms with E-state index in [1.807, 2.05) is 31.5 Å². The molecule has 0 bridgehead atoms. The van der Waals surface area contributed by atoms with E-state index < -0.39 is 0 Å². The van der Waals surface area contributed by atoms with E-state index in [0.717, 1.165) is 22.7 Å². The molecule has 6 nitrogen and oxygen atoms in total. The minimum atomic E-state index is -0.188. The van der Waals surface area contributed by atoms with Gasteiger partial charge in [-0.05, 0) is 43.9 Å². The van der Waals surface area contributed by atoms with Crippen LogP contribution in [0.4, 0.5) is 0 Å². The van der Waals surface area contributed by atoms with Crippen molar-refractivity contribution in [2.45, 2.75) is 32.4 Å². The molecule has 24 heavy (non-hydrogen) atoms. The molecule has 3 heterocycles. The quantitative estimate of drug-likeness (QED) is 0.747. The number of aryl methyl sites for hydroxylation is 1. The van der Waals surface area contributed by atoms with Crippen molar-refractivity contribution < 1.29 is 9.21 Å². The van der Waals surface area contributed by atoms with E-state index in [1.165, 1.54) is 0 Å². The van der Waals surface area contributed by atoms with Gasteiger partial charge in [-0.3, -0.25) is 9.48 Å². The van der Waals surface area contributed by atoms with Gasteiger partial charge in [-0.1, -0.05) is 0 Å². The zero-order chi connectivity index (χ0) is 16.5. The van der Waals surface area contributed by atoms with E-state index in [1.54, 1.807) is 28.3 Å². The highest BCUT2D eigenvalue weighted by atomic mass is 32.1. The summed E-state index contributed by atoms with van der Waals surface area (Å²) in [6, 6.07) is 5.37. The predicted molar refractivity (Wildman–Crippen MR) is 89.8 cm³/mol. The van der Waals surface area contributed by atoms with Crippen LogP contribution in [-0.2, 0) is 6.54 Å². The van der Waals surface area contributed by atoms with Gasteiger partial charge >= 0.3 is 0 Å². The van der Waals surface area contributed by atoms with Crippen molar-refractivity contribution >= 4 is 17.2 Å². The summed E-state index contributed by atoms with van der Waals surface area (Å²) < 4.78 is 7.43. The molecule has 1 unspecified atom stereocenters. The van der Waals surface area contributed by atoms with E-state index in [-0.39, 0.29) is 11.9 Å². The fourth-order valence-electron chi connectivity index (χ4n) is 2.68. The zero-order valence-electron chi connectivity index (χ0n) is 13.3. The molecular weight excluding hydrogens is 324 g/mol. The van der Waals surface area contributed by atoms with Crippen LogP contribution < -0.4 is 5.32 Å². The molecule has 1 aliphatic carbocycles. The summed E-state index contributed by atoms with van der Waals surface area (Å²) >= 11 is 1.64. The molecule has 0 radical (unpaired) electrons. The highest BCUT2D eigenvalue weighted by Crippen LogP contribution is 2.42. The second-order valence-electron chi connectivity index (χ2n) is 6.07. The summed E-state index contributed by atoms with van der Waals surface area (Å²) in [6.45, 7) is 2.54. The fraction of sp³-hybridized carbons (Fsp3) is 0.353. The molecule has 0 spiro atoms. The average Bonchev–Trinajstić information content (AvgIpc) is 2.96. The molecule has 1 saturated carbocycles. The lowest BCUT2D eigenvalue weighted by atomic mass is 10.2. The number of carbonyl (C=O) groups excluding carboxylic acids is 1. The van der Waals surface area contributed by atoms with Crippen LogP contribution in [0.3, 0.4) is 0 Å². The van der Waals surface area contributed by atoms with Gasteiger partial charge in [-0.25, -0.2) is 4.98 Å². The summed E-state index contributed by atoms with van der Waals surface area (Å²) in [5.74, 6) is 1.33. The number of hydrogen-bond donors (Lipinski definition) is 1. The van der Waals surface area contributed by atoms with Gasteiger partial charge < -0.3 is 9.73 Å². The minimum absolute atomic E-state index is 0.0177. The van der Waals surface area contributed by atoms with Crippen LogP contribution in [0.15, 0.2) is 41.2 Å². The normalized spacial score (nSPS) is 15.4. The summed E-state index contributed by atoms with van der Waals surface area (Å²) in [4.78, 5) is 18.1. The molecule has 3 aromatic rings. The van der Waals surface area contributed by atoms with E-state index in [2.05, 4.69) is 15.4 Å². The van der Waals surface area contributed by atoms with Gasteiger partial charge in [0.15, 0.2) is 5.76 Å². The van der Waals surface area contributed by atoms with Crippen LogP contribution in [0.2, 0.25) is 0 Å². The molecule has 1 aliphatic rings. The number of nitrogens with zero attached hydrogens (tertiary/aromatic N) is 3. The van der Waals surface area contributed by atoms with Gasteiger partial charge in [0.2, 0.25) is 0 Å². The van der Waals surface area contributed by atoms with Crippen LogP contribution in [0.25, 0.3) is 0 Å². The molecule has 0 saturated heterocycles. The largest absolute Gasteiger partial charge is 0.454 e. The molecule has 0 aliphatic heterocycles. The molecule has 1 fully saturated rings. The topological polar surface area (TPSA) is 73.0 Å². The summed E-state index contributed by atoms with van der Waals surface area (Å²) in [7, 11) is 0. The number of amides is 1. The molecule has 4 rings (SSSR count). The second kappa shape index (κ2) is 6.24. The van der Waals surface area contributed by atoms with Gasteiger partial charge in [-0.2, -0.15) is 5.10 Å². The number of thiazole rings is 1. The van der Waals surface area contributed by atoms with Crippen molar-refractivity contribution in [3.8, 4) is 0 Å². The lowest BCUT2D eigenvalue weighted by Gasteiger charge is -2.14. The molecule has 124 valence electrons. The fourth-order valence-corrected chi connectivity index (χ4v) is 3.60. The van der Waals surface area contributed by atoms with Gasteiger partial charge in [0.05, 0.1) is 12.6 Å². The third-order valence-corrected chi connectivity index (χ3v) is 5.04. The number of aromatic nitrogens is 3. The highest BCUT2D eigenvalue weighted by Gasteiger charge is 2.35. The Morgan fingerprint density at radius 3 is 3.04 bits per heavy atom. The zero-order valence-corrected chi connectivity index (χ0v) is 14.1. The van der Waals surface area contributed by atoms with Crippen molar-refractivity contribution in [2.75, 3.05) is 0 Å². The van der Waals surface area contributed by atoms with Crippen molar-refractivity contribution in [1.29, 1.82) is 0 Å². The van der Waals surface area contributed by atoms with E-state index in [0.29, 0.717) is 24.0 Å². The van der Waals surface area contributed by atoms with Crippen LogP contribution in [0, 0.1) is 12.8 Å². The first-order chi connectivity index (χ1) is 11.7. The van der Waals surface area contributed by atoms with Gasteiger partial charge in [0, 0.05) is 23.5 Å². The van der Waals surface area contributed by atoms with E-state index in [9.17, 15) is 4.79 Å². The van der Waals surface area contributed by atoms with Crippen LogP contribution >= 0.6 is 11.3 Å². The Morgan fingerprint density at radius 1 is 1.50 bits per heavy atom. The Morgan fingerprint density at radius 2 is 2.38 bits per heavy atom. The standard InChI is InChI=1S/C17H18N4O2S/c1-11-9-18-17(24-11)15(12-3-4-12)20-16(22)14-6-5-13(23-14)10-21-8-2-7-19-21/h2,5-9,12,15H,3-4,10H2,1H3,(H,20,22). The minimum Gasteiger partial charge on any atom is -0.454 e. The first kappa shape index (κ1) is 15.1. The Labute approximate surface area is 143 Å². The Bertz CT molecular complexity index is 833. The van der Waals surface area contributed by atoms with Crippen LogP contribution in [-0.4, -0.2) is 20.7 Å². The number of rotatable bonds is 6. The van der Waals surface area contributed by atoms with E-state index in [4.69, 9.17) is 4.42 Å². The van der Waals surface area contributed by atoms with Crippen LogP contribution in [0.1, 0.15) is 45.1 Å². The number of hydrogen-bond acceptors (Lipinski definition) is 5. The second-order valence-corrected chi connectivity index (χ2v) is 7.33. The van der Waals surface area contributed by atoms with E-state index >= 15 is 0 Å². The lowest BCUT2D eigenvalue weighted by Crippen LogP contribution is -2.29. The highest BCUT2D eigenvalue weighted by molar-refractivity contribution is 7.11. The maximum atomic E-state index is 12.5. The maximum Gasteiger partial charge on any atom is 0.287 e. The average molecular weight is 342 g/mol. The predicted octanol–water partition coefficient (Wildman–Crippen LogP) is 3.17. The summed E-state index contributed by atoms with van der Waals surface area (Å²) in [6.07, 6.45) is 7.69. The Balaban J connectivity index is 1.46. The van der Waals surface area contributed by atoms with Crippen LogP contribution in [0.5, 0.6) is 0 Å². The first-order valence-corrected chi connectivity index (χ1v) is 8.80. The van der Waals surface area contributed by atoms with Gasteiger partial charge in [0.25, 0.3) is 5.91 Å². The van der Waals surface area contributed by atoms with Crippen molar-refractivity contribution in [3.05, 3.63) is 58.2 Å². The smallest absolute Gasteiger partial charge is 0.287 e. The Kier molecular flexibility index (Phi) is 3.93. The van der Waals surface area contributed by atoms with Crippen molar-refractivity contribution in [1.82, 2.24) is 20.1 Å². The lowest BCUT2D eigenvalue weighted by molar-refractivity contribution is 0.0901. The Hall–Kier alpha value is -2.41. The molecule has 0 aromatic carbocycles. The SMILES string of the molecule is Cc1cnc(C(NC(=O)c2ccc(Cn3cccn3)o2)C2CC2)s1. The monoisotopic (exact) mass is 342 g/mol.